The molecule has 0 fully saturated rings. The minimum Gasteiger partial charge on any atom is -0.270 e. The summed E-state index contributed by atoms with van der Waals surface area (Å²) >= 11 is 0. The van der Waals surface area contributed by atoms with Gasteiger partial charge in [-0.2, -0.15) is 8.42 Å². The fraction of sp³-hybridized carbons (Fsp3) is 0.400. The predicted molar refractivity (Wildman–Crippen MR) is 56.7 cm³/mol. The summed E-state index contributed by atoms with van der Waals surface area (Å²) in [7, 11) is -2.37. The normalized spacial score (nSPS) is 10.3. The van der Waals surface area contributed by atoms with E-state index in [0.29, 0.717) is 0 Å². The molecule has 0 aliphatic rings. The van der Waals surface area contributed by atoms with Crippen molar-refractivity contribution in [3.63, 3.8) is 0 Å². The first kappa shape index (κ1) is 13.1. The molecule has 0 bridgehead atoms. The predicted octanol–water partition coefficient (Wildman–Crippen LogP) is 2.36. The summed E-state index contributed by atoms with van der Waals surface area (Å²) in [6.07, 6.45) is 0. The minimum atomic E-state index is -3.51. The highest BCUT2D eigenvalue weighted by Crippen LogP contribution is 2.11. The monoisotopic (exact) mass is 216 g/mol. The molecule has 14 heavy (non-hydrogen) atoms. The van der Waals surface area contributed by atoms with E-state index in [9.17, 15) is 8.42 Å². The van der Waals surface area contributed by atoms with E-state index in [-0.39, 0.29) is 4.90 Å². The van der Waals surface area contributed by atoms with Gasteiger partial charge in [0.15, 0.2) is 0 Å². The third kappa shape index (κ3) is 3.47. The second-order valence-electron chi connectivity index (χ2n) is 2.43. The molecule has 0 saturated heterocycles. The van der Waals surface area contributed by atoms with Crippen LogP contribution in [-0.4, -0.2) is 15.5 Å². The van der Waals surface area contributed by atoms with Gasteiger partial charge in [-0.3, -0.25) is 4.18 Å². The molecule has 4 heteroatoms. The fourth-order valence-electron chi connectivity index (χ4n) is 0.801. The Balaban J connectivity index is 0.000000791. The van der Waals surface area contributed by atoms with Crippen molar-refractivity contribution in [2.75, 3.05) is 7.11 Å². The maximum atomic E-state index is 11.1. The SMILES string of the molecule is CC.COS(=O)(=O)c1ccc(C)cc1. The van der Waals surface area contributed by atoms with Crippen molar-refractivity contribution < 1.29 is 12.6 Å². The Labute approximate surface area is 85.8 Å². The van der Waals surface area contributed by atoms with Crippen molar-refractivity contribution in [1.29, 1.82) is 0 Å². The van der Waals surface area contributed by atoms with Gasteiger partial charge in [-0.05, 0) is 19.1 Å². The first-order chi connectivity index (χ1) is 6.56. The first-order valence-electron chi connectivity index (χ1n) is 4.43. The number of benzene rings is 1. The van der Waals surface area contributed by atoms with E-state index in [1.807, 2.05) is 20.8 Å². The lowest BCUT2D eigenvalue weighted by atomic mass is 10.2. The van der Waals surface area contributed by atoms with Crippen LogP contribution in [0.4, 0.5) is 0 Å². The van der Waals surface area contributed by atoms with Gasteiger partial charge in [0.05, 0.1) is 12.0 Å². The van der Waals surface area contributed by atoms with E-state index in [0.717, 1.165) is 12.7 Å². The Morgan fingerprint density at radius 1 is 1.07 bits per heavy atom. The summed E-state index contributed by atoms with van der Waals surface area (Å²) in [4.78, 5) is 0.190. The van der Waals surface area contributed by atoms with Gasteiger partial charge in [-0.1, -0.05) is 31.5 Å². The Kier molecular flexibility index (Phi) is 5.42. The lowest BCUT2D eigenvalue weighted by Gasteiger charge is -2.00. The third-order valence-corrected chi connectivity index (χ3v) is 2.82. The Hall–Kier alpha value is -0.870. The molecule has 1 aromatic carbocycles. The van der Waals surface area contributed by atoms with Gasteiger partial charge in [0, 0.05) is 0 Å². The quantitative estimate of drug-likeness (QED) is 0.713. The van der Waals surface area contributed by atoms with E-state index in [4.69, 9.17) is 0 Å². The van der Waals surface area contributed by atoms with E-state index in [1.165, 1.54) is 12.1 Å². The Morgan fingerprint density at radius 2 is 1.50 bits per heavy atom. The molecule has 0 amide bonds. The summed E-state index contributed by atoms with van der Waals surface area (Å²) in [6, 6.07) is 6.50. The van der Waals surface area contributed by atoms with Crippen molar-refractivity contribution in [3.05, 3.63) is 29.8 Å². The van der Waals surface area contributed by atoms with Crippen molar-refractivity contribution in [2.45, 2.75) is 25.7 Å². The van der Waals surface area contributed by atoms with Gasteiger partial charge in [0.2, 0.25) is 0 Å². The number of aryl methyl sites for hydroxylation is 1. The van der Waals surface area contributed by atoms with Crippen LogP contribution in [0.15, 0.2) is 29.2 Å². The van der Waals surface area contributed by atoms with Gasteiger partial charge in [-0.25, -0.2) is 0 Å². The highest BCUT2D eigenvalue weighted by molar-refractivity contribution is 7.86. The van der Waals surface area contributed by atoms with Crippen molar-refractivity contribution in [1.82, 2.24) is 0 Å². The van der Waals surface area contributed by atoms with Crippen LogP contribution < -0.4 is 0 Å². The van der Waals surface area contributed by atoms with Crippen LogP contribution in [0.2, 0.25) is 0 Å². The molecular formula is C10H16O3S. The molecule has 1 aromatic rings. The van der Waals surface area contributed by atoms with Crippen LogP contribution in [0.5, 0.6) is 0 Å². The van der Waals surface area contributed by atoms with Gasteiger partial charge < -0.3 is 0 Å². The Bertz CT molecular complexity index is 351. The molecule has 80 valence electrons. The smallest absolute Gasteiger partial charge is 0.270 e. The van der Waals surface area contributed by atoms with Crippen molar-refractivity contribution >= 4 is 10.1 Å². The molecule has 0 saturated carbocycles. The summed E-state index contributed by atoms with van der Waals surface area (Å²) in [5.41, 5.74) is 1.02. The second kappa shape index (κ2) is 5.78. The summed E-state index contributed by atoms with van der Waals surface area (Å²) in [5.74, 6) is 0. The van der Waals surface area contributed by atoms with E-state index in [2.05, 4.69) is 4.18 Å². The first-order valence-corrected chi connectivity index (χ1v) is 5.84. The lowest BCUT2D eigenvalue weighted by Crippen LogP contribution is -2.02. The average molecular weight is 216 g/mol. The standard InChI is InChI=1S/C8H10O3S.C2H6/c1-7-3-5-8(6-4-7)12(9,10)11-2;1-2/h3-6H,1-2H3;1-2H3. The van der Waals surface area contributed by atoms with Crippen molar-refractivity contribution in [3.8, 4) is 0 Å². The van der Waals surface area contributed by atoms with Crippen LogP contribution in [0.25, 0.3) is 0 Å². The van der Waals surface area contributed by atoms with Gasteiger partial charge >= 0.3 is 0 Å². The highest BCUT2D eigenvalue weighted by atomic mass is 32.2. The van der Waals surface area contributed by atoms with E-state index >= 15 is 0 Å². The molecule has 0 heterocycles. The van der Waals surface area contributed by atoms with Gasteiger partial charge in [0.1, 0.15) is 0 Å². The van der Waals surface area contributed by atoms with E-state index in [1.54, 1.807) is 12.1 Å². The fourth-order valence-corrected chi connectivity index (χ4v) is 1.46. The van der Waals surface area contributed by atoms with Gasteiger partial charge in [0.25, 0.3) is 10.1 Å². The molecule has 0 aliphatic heterocycles. The average Bonchev–Trinajstić information content (AvgIpc) is 2.21. The lowest BCUT2D eigenvalue weighted by molar-refractivity contribution is 0.398. The van der Waals surface area contributed by atoms with Crippen molar-refractivity contribution in [2.24, 2.45) is 0 Å². The highest BCUT2D eigenvalue weighted by Gasteiger charge is 2.10. The maximum Gasteiger partial charge on any atom is 0.296 e. The van der Waals surface area contributed by atoms with E-state index < -0.39 is 10.1 Å². The second-order valence-corrected chi connectivity index (χ2v) is 4.15. The number of rotatable bonds is 2. The zero-order chi connectivity index (χ0) is 11.2. The zero-order valence-electron chi connectivity index (χ0n) is 8.94. The Morgan fingerprint density at radius 3 is 1.86 bits per heavy atom. The van der Waals surface area contributed by atoms with Crippen LogP contribution in [0, 0.1) is 6.92 Å². The molecular weight excluding hydrogens is 200 g/mol. The van der Waals surface area contributed by atoms with Gasteiger partial charge in [-0.15, -0.1) is 0 Å². The van der Waals surface area contributed by atoms with Crippen LogP contribution >= 0.6 is 0 Å². The molecule has 0 spiro atoms. The molecule has 0 atom stereocenters. The molecule has 0 unspecified atom stereocenters. The van der Waals surface area contributed by atoms with Crippen LogP contribution in [0.3, 0.4) is 0 Å². The molecule has 0 radical (unpaired) electrons. The summed E-state index contributed by atoms with van der Waals surface area (Å²) in [6.45, 7) is 5.89. The molecule has 0 N–H and O–H groups in total. The maximum absolute atomic E-state index is 11.1. The third-order valence-electron chi connectivity index (χ3n) is 1.53. The largest absolute Gasteiger partial charge is 0.296 e. The molecule has 1 rings (SSSR count). The molecule has 3 nitrogen and oxygen atoms in total. The number of hydrogen-bond acceptors (Lipinski definition) is 3. The van der Waals surface area contributed by atoms with Crippen LogP contribution in [0.1, 0.15) is 19.4 Å². The molecule has 0 aliphatic carbocycles. The zero-order valence-corrected chi connectivity index (χ0v) is 9.76. The summed E-state index contributed by atoms with van der Waals surface area (Å²) in [5, 5.41) is 0. The molecule has 0 aromatic heterocycles. The number of hydrogen-bond donors (Lipinski definition) is 0. The topological polar surface area (TPSA) is 43.4 Å². The summed E-state index contributed by atoms with van der Waals surface area (Å²) < 4.78 is 26.5. The van der Waals surface area contributed by atoms with Crippen LogP contribution in [-0.2, 0) is 14.3 Å². The minimum absolute atomic E-state index is 0.190.